The number of halogens is 5. The third-order valence-corrected chi connectivity index (χ3v) is 16.1. The first-order valence-electron chi connectivity index (χ1n) is 20.2. The molecule has 3 aliphatic rings. The van der Waals surface area contributed by atoms with Crippen LogP contribution in [0, 0.1) is 0 Å². The summed E-state index contributed by atoms with van der Waals surface area (Å²) >= 11 is 3.71. The smallest absolute Gasteiger partial charge is 1.00 e. The summed E-state index contributed by atoms with van der Waals surface area (Å²) < 4.78 is 22.2. The number of rotatable bonds is 8. The Labute approximate surface area is 483 Å². The van der Waals surface area contributed by atoms with E-state index in [4.69, 9.17) is 19.1 Å². The van der Waals surface area contributed by atoms with Crippen LogP contribution in [0.5, 0.6) is 11.5 Å². The van der Waals surface area contributed by atoms with Gasteiger partial charge in [-0.2, -0.15) is 0 Å². The average Bonchev–Trinajstić information content (AvgIpc) is 3.92. The third kappa shape index (κ3) is 12.0. The van der Waals surface area contributed by atoms with Crippen LogP contribution in [0.2, 0.25) is 0 Å². The topological polar surface area (TPSA) is 187 Å². The summed E-state index contributed by atoms with van der Waals surface area (Å²) in [6.45, 7) is 6.92. The Morgan fingerprint density at radius 2 is 1.43 bits per heavy atom. The van der Waals surface area contributed by atoms with Crippen molar-refractivity contribution in [2.24, 2.45) is 0 Å². The van der Waals surface area contributed by atoms with E-state index in [9.17, 15) is 22.8 Å². The predicted molar refractivity (Wildman–Crippen MR) is 265 cm³/mol. The van der Waals surface area contributed by atoms with E-state index in [1.54, 1.807) is 30.3 Å². The van der Waals surface area contributed by atoms with E-state index in [2.05, 4.69) is 95.1 Å². The maximum Gasteiger partial charge on any atom is 1.00 e. The molecule has 13 nitrogen and oxygen atoms in total. The van der Waals surface area contributed by atoms with Crippen LogP contribution in [-0.2, 0) is 25.0 Å². The Hall–Kier alpha value is -2.71. The number of ether oxygens (including phenoxy) is 1. The normalized spacial score (nSPS) is 12.1. The molecule has 0 bridgehead atoms. The van der Waals surface area contributed by atoms with Gasteiger partial charge >= 0.3 is 254 Å². The van der Waals surface area contributed by atoms with Gasteiger partial charge in [-0.3, -0.25) is 0 Å². The van der Waals surface area contributed by atoms with E-state index >= 15 is 0 Å². The van der Waals surface area contributed by atoms with Crippen LogP contribution in [0.3, 0.4) is 0 Å². The molecule has 21 heteroatoms. The summed E-state index contributed by atoms with van der Waals surface area (Å²) in [4.78, 5) is 45.4. The van der Waals surface area contributed by atoms with Gasteiger partial charge in [-0.15, -0.1) is 37.2 Å². The van der Waals surface area contributed by atoms with Gasteiger partial charge < -0.3 is 24.5 Å². The summed E-state index contributed by atoms with van der Waals surface area (Å²) in [5, 5.41) is 24.7. The van der Waals surface area contributed by atoms with Crippen molar-refractivity contribution in [3.8, 4) is 56.7 Å². The van der Waals surface area contributed by atoms with Gasteiger partial charge in [0.15, 0.2) is 0 Å². The van der Waals surface area contributed by atoms with Crippen molar-refractivity contribution >= 4 is 117 Å². The molecule has 10 rings (SSSR count). The van der Waals surface area contributed by atoms with E-state index in [0.29, 0.717) is 28.7 Å². The number of hydrogen-bond acceptors (Lipinski definition) is 11. The summed E-state index contributed by atoms with van der Waals surface area (Å²) in [5.41, 5.74) is 8.38. The second-order valence-corrected chi connectivity index (χ2v) is 20.8. The number of hydrogen-bond donors (Lipinski definition) is 3. The minimum absolute atomic E-state index is 0. The fourth-order valence-corrected chi connectivity index (χ4v) is 12.6. The summed E-state index contributed by atoms with van der Waals surface area (Å²) in [7, 11) is 2.18. The van der Waals surface area contributed by atoms with Crippen molar-refractivity contribution in [1.82, 2.24) is 24.8 Å². The SMILES string of the molecule is CCOc1ccc(-c2nc3cc(-c4nc5cc(N6CCN(C)CC6)ccc5[nH]4)ccc3[nH]2)cc1.Cl.Cl.Cl.O=C([O-])c1ccccc1-c1c2cc(Br)c(=O)cc-2oc2[c]([Hg][OH])c([O-])c(Br)cc12.[Na+].[Na+]. The fraction of sp³-hybridized carbons (Fsp3) is 0.149. The number of aromatic amines is 2. The van der Waals surface area contributed by atoms with Crippen molar-refractivity contribution in [3.05, 3.63) is 128 Å². The molecule has 0 saturated carbocycles. The summed E-state index contributed by atoms with van der Waals surface area (Å²) in [5.74, 6) is 1.05. The van der Waals surface area contributed by atoms with Crippen LogP contribution in [0.15, 0.2) is 121 Å². The second-order valence-electron chi connectivity index (χ2n) is 15.1. The van der Waals surface area contributed by atoms with Crippen LogP contribution in [0.1, 0.15) is 17.3 Å². The van der Waals surface area contributed by atoms with Gasteiger partial charge in [0.2, 0.25) is 0 Å². The summed E-state index contributed by atoms with van der Waals surface area (Å²) in [6, 6.07) is 31.5. The van der Waals surface area contributed by atoms with Crippen LogP contribution in [0.25, 0.3) is 78.3 Å². The molecule has 5 aromatic carbocycles. The number of aromatic nitrogens is 4. The Morgan fingerprint density at radius 3 is 2.07 bits per heavy atom. The number of carbonyl (C=O) groups excluding carboxylic acids is 1. The van der Waals surface area contributed by atoms with Crippen LogP contribution >= 0.6 is 69.1 Å². The number of aromatic carboxylic acids is 1. The molecule has 0 unspecified atom stereocenters. The maximum atomic E-state index is 12.5. The van der Waals surface area contributed by atoms with Gasteiger partial charge in [0.25, 0.3) is 0 Å². The van der Waals surface area contributed by atoms with Crippen LogP contribution in [-0.4, -0.2) is 73.7 Å². The van der Waals surface area contributed by atoms with Gasteiger partial charge in [-0.25, -0.2) is 9.97 Å². The quantitative estimate of drug-likeness (QED) is 0.150. The van der Waals surface area contributed by atoms with Gasteiger partial charge in [0.05, 0.1) is 28.7 Å². The van der Waals surface area contributed by atoms with Crippen molar-refractivity contribution in [3.63, 3.8) is 0 Å². The first-order chi connectivity index (χ1) is 30.5. The molecule has 3 N–H and O–H groups in total. The maximum absolute atomic E-state index is 12.5. The first-order valence-corrected chi connectivity index (χ1v) is 27.0. The van der Waals surface area contributed by atoms with Crippen molar-refractivity contribution in [1.29, 1.82) is 0 Å². The number of H-pyrrole nitrogens is 2. The van der Waals surface area contributed by atoms with Crippen LogP contribution < -0.4 is 87.5 Å². The molecular weight excluding hydrogens is 1270 g/mol. The molecule has 0 amide bonds. The fourth-order valence-electron chi connectivity index (χ4n) is 7.91. The number of anilines is 1. The largest absolute Gasteiger partial charge is 1.00 e. The first kappa shape index (κ1) is 57.9. The standard InChI is InChI=1S/C27H28N6O.C20H9Br2O5.3ClH.Hg.2Na.H2O/c1-3-34-21-8-4-18(5-9-21)26-28-22-10-6-19(16-24(22)30-26)27-29-23-11-7-20(17-25(23)31-27)33-14-12-32(2)13-15-33;21-13-5-11-17(7-15(13)23)27-18-8-16(24)14(22)6-12(18)19(11)9-3-1-2-4-10(9)20(25)26;;;;;;;/h4-11,16-17H,3,12-15H2,1-2H3,(H,28,30)(H,29,31);1-7,24H,(H,25,26);3*1H;;;;1H2/q;;;;;3*+1;/p-3. The molecule has 1 saturated heterocycles. The van der Waals surface area contributed by atoms with Gasteiger partial charge in [0.1, 0.15) is 17.4 Å². The Kier molecular flexibility index (Phi) is 21.4. The van der Waals surface area contributed by atoms with Crippen molar-refractivity contribution < 1.29 is 111 Å². The molecule has 1 fully saturated rings. The summed E-state index contributed by atoms with van der Waals surface area (Å²) in [6.07, 6.45) is 0. The number of imidazole rings is 2. The number of likely N-dealkylation sites (N-methyl/N-ethyl adjacent to an activating group) is 1. The Balaban J connectivity index is 0.000000279. The molecule has 1 aliphatic carbocycles. The number of carboxylic acids is 1. The van der Waals surface area contributed by atoms with E-state index in [1.165, 1.54) is 17.8 Å². The van der Waals surface area contributed by atoms with Crippen LogP contribution in [0.4, 0.5) is 5.69 Å². The minimum atomic E-state index is -2.75. The Bertz CT molecular complexity index is 3250. The van der Waals surface area contributed by atoms with E-state index < -0.39 is 31.0 Å². The zero-order valence-electron chi connectivity index (χ0n) is 37.2. The van der Waals surface area contributed by atoms with Gasteiger partial charge in [0, 0.05) is 43.0 Å². The zero-order chi connectivity index (χ0) is 43.9. The van der Waals surface area contributed by atoms with E-state index in [1.807, 2.05) is 31.2 Å². The molecule has 338 valence electrons. The number of nitrogens with zero attached hydrogens (tertiary/aromatic N) is 4. The van der Waals surface area contributed by atoms with Crippen molar-refractivity contribution in [2.45, 2.75) is 6.92 Å². The second kappa shape index (κ2) is 25.1. The number of carbonyl (C=O) groups is 1. The molecule has 0 atom stereocenters. The number of piperazine rings is 1. The van der Waals surface area contributed by atoms with E-state index in [-0.39, 0.29) is 136 Å². The average molecular weight is 1310 g/mol. The molecule has 4 heterocycles. The molecule has 0 radical (unpaired) electrons. The minimum Gasteiger partial charge on any atom is 1.00 e. The molecule has 68 heavy (non-hydrogen) atoms. The number of nitrogens with one attached hydrogen (secondary N) is 2. The third-order valence-electron chi connectivity index (χ3n) is 11.2. The van der Waals surface area contributed by atoms with Gasteiger partial charge in [-0.05, 0) is 74.6 Å². The number of benzene rings is 6. The molecule has 7 aromatic rings. The van der Waals surface area contributed by atoms with E-state index in [0.717, 1.165) is 76.8 Å². The predicted octanol–water partition coefficient (Wildman–Crippen LogP) is 2.34. The van der Waals surface area contributed by atoms with Crippen molar-refractivity contribution in [2.75, 3.05) is 44.7 Å². The monoisotopic (exact) mass is 1310 g/mol. The molecule has 0 spiro atoms. The Morgan fingerprint density at radius 1 is 0.809 bits per heavy atom. The zero-order valence-corrected chi connectivity index (χ0v) is 52.3. The number of carboxylic acid groups (broad SMARTS) is 1. The molecule has 2 aromatic heterocycles. The van der Waals surface area contributed by atoms with Gasteiger partial charge in [-0.1, -0.05) is 0 Å². The molecular formula is C47H39Br2Cl3HgN6Na2O7. The molecule has 2 aliphatic heterocycles. The number of fused-ring (bicyclic) bond motifs is 4.